The fourth-order valence-electron chi connectivity index (χ4n) is 6.80. The number of fused-ring (bicyclic) bond motifs is 6. The summed E-state index contributed by atoms with van der Waals surface area (Å²) in [6.07, 6.45) is 3.58. The molecule has 4 aliphatic rings. The van der Waals surface area contributed by atoms with E-state index >= 15 is 0 Å². The van der Waals surface area contributed by atoms with E-state index in [2.05, 4.69) is 41.5 Å². The predicted molar refractivity (Wildman–Crippen MR) is 85.7 cm³/mol. The molecule has 4 rings (SSSR count). The fraction of sp³-hybridized carbons (Fsp3) is 1.00. The van der Waals surface area contributed by atoms with Gasteiger partial charge < -0.3 is 14.2 Å². The Hall–Kier alpha value is -0.120. The Morgan fingerprint density at radius 2 is 1.41 bits per heavy atom. The first-order valence-corrected chi connectivity index (χ1v) is 9.20. The summed E-state index contributed by atoms with van der Waals surface area (Å²) >= 11 is 0. The highest BCUT2D eigenvalue weighted by atomic mass is 16.6. The van der Waals surface area contributed by atoms with Crippen molar-refractivity contribution in [1.82, 2.24) is 0 Å². The zero-order chi connectivity index (χ0) is 15.9. The van der Waals surface area contributed by atoms with E-state index in [1.807, 2.05) is 0 Å². The predicted octanol–water partition coefficient (Wildman–Crippen LogP) is 3.66. The molecule has 22 heavy (non-hydrogen) atoms. The van der Waals surface area contributed by atoms with Crippen molar-refractivity contribution in [3.63, 3.8) is 0 Å². The molecule has 0 aromatic heterocycles. The maximum atomic E-state index is 6.73. The van der Waals surface area contributed by atoms with Gasteiger partial charge in [-0.25, -0.2) is 0 Å². The van der Waals surface area contributed by atoms with Crippen LogP contribution in [-0.4, -0.2) is 37.6 Å². The largest absolute Gasteiger partial charge is 0.380 e. The van der Waals surface area contributed by atoms with Gasteiger partial charge in [0.1, 0.15) is 0 Å². The van der Waals surface area contributed by atoms with Crippen LogP contribution in [0.5, 0.6) is 0 Å². The topological polar surface area (TPSA) is 27.7 Å². The van der Waals surface area contributed by atoms with Crippen LogP contribution >= 0.6 is 0 Å². The van der Waals surface area contributed by atoms with Gasteiger partial charge in [0, 0.05) is 22.7 Å². The second-order valence-electron chi connectivity index (χ2n) is 9.23. The first kappa shape index (κ1) is 15.4. The Morgan fingerprint density at radius 1 is 0.818 bits per heavy atom. The summed E-state index contributed by atoms with van der Waals surface area (Å²) in [6, 6.07) is 0. The molecule has 4 heterocycles. The molecular weight excluding hydrogens is 276 g/mol. The Balaban J connectivity index is 1.81. The van der Waals surface area contributed by atoms with Crippen LogP contribution in [0.1, 0.15) is 54.4 Å². The van der Waals surface area contributed by atoms with E-state index in [4.69, 9.17) is 14.2 Å². The Kier molecular flexibility index (Phi) is 3.14. The number of ether oxygens (including phenoxy) is 3. The van der Waals surface area contributed by atoms with Gasteiger partial charge in [0.25, 0.3) is 0 Å². The van der Waals surface area contributed by atoms with Crippen LogP contribution in [0.4, 0.5) is 0 Å². The summed E-state index contributed by atoms with van der Waals surface area (Å²) in [4.78, 5) is 0. The summed E-state index contributed by atoms with van der Waals surface area (Å²) in [5.41, 5.74) is 0.451. The molecule has 1 spiro atoms. The molecule has 0 N–H and O–H groups in total. The molecule has 0 amide bonds. The van der Waals surface area contributed by atoms with Gasteiger partial charge >= 0.3 is 0 Å². The minimum atomic E-state index is 0.130. The summed E-state index contributed by atoms with van der Waals surface area (Å²) in [7, 11) is 0. The van der Waals surface area contributed by atoms with Gasteiger partial charge in [0.05, 0.1) is 37.6 Å². The van der Waals surface area contributed by atoms with Crippen molar-refractivity contribution in [2.24, 2.45) is 28.1 Å². The zero-order valence-electron chi connectivity index (χ0n) is 15.0. The van der Waals surface area contributed by atoms with Gasteiger partial charge in [0.15, 0.2) is 0 Å². The molecule has 4 saturated heterocycles. The summed E-state index contributed by atoms with van der Waals surface area (Å²) in [5.74, 6) is 1.14. The molecule has 0 aromatic carbocycles. The minimum absolute atomic E-state index is 0.130. The van der Waals surface area contributed by atoms with E-state index in [1.165, 1.54) is 0 Å². The first-order chi connectivity index (χ1) is 10.3. The van der Waals surface area contributed by atoms with Crippen molar-refractivity contribution < 1.29 is 14.2 Å². The van der Waals surface area contributed by atoms with Crippen molar-refractivity contribution >= 4 is 0 Å². The van der Waals surface area contributed by atoms with Crippen molar-refractivity contribution in [3.05, 3.63) is 0 Å². The lowest BCUT2D eigenvalue weighted by molar-refractivity contribution is -0.0729. The number of hydrogen-bond acceptors (Lipinski definition) is 3. The maximum absolute atomic E-state index is 6.73. The molecule has 7 atom stereocenters. The second-order valence-corrected chi connectivity index (χ2v) is 9.23. The molecule has 0 saturated carbocycles. The van der Waals surface area contributed by atoms with Gasteiger partial charge in [-0.15, -0.1) is 0 Å². The lowest BCUT2D eigenvalue weighted by Crippen LogP contribution is -2.61. The SMILES string of the molecule is CCC1OC(CC)C2C1C1OC2C2(COCC2(C)C)C1(C)C. The molecule has 3 heteroatoms. The van der Waals surface area contributed by atoms with Crippen molar-refractivity contribution in [3.8, 4) is 0 Å². The van der Waals surface area contributed by atoms with Crippen molar-refractivity contribution in [2.75, 3.05) is 13.2 Å². The molecule has 0 aromatic rings. The third-order valence-corrected chi connectivity index (χ3v) is 7.80. The van der Waals surface area contributed by atoms with Crippen molar-refractivity contribution in [2.45, 2.75) is 78.8 Å². The van der Waals surface area contributed by atoms with E-state index in [0.29, 0.717) is 36.3 Å². The van der Waals surface area contributed by atoms with E-state index in [9.17, 15) is 0 Å². The van der Waals surface area contributed by atoms with Crippen LogP contribution in [-0.2, 0) is 14.2 Å². The van der Waals surface area contributed by atoms with Gasteiger partial charge in [-0.3, -0.25) is 0 Å². The highest BCUT2D eigenvalue weighted by Gasteiger charge is 2.79. The number of hydrogen-bond donors (Lipinski definition) is 0. The molecule has 7 unspecified atom stereocenters. The molecule has 4 fully saturated rings. The van der Waals surface area contributed by atoms with E-state index in [0.717, 1.165) is 26.1 Å². The smallest absolute Gasteiger partial charge is 0.0727 e. The Morgan fingerprint density at radius 3 is 1.91 bits per heavy atom. The van der Waals surface area contributed by atoms with Gasteiger partial charge in [-0.2, -0.15) is 0 Å². The highest BCUT2D eigenvalue weighted by Crippen LogP contribution is 2.73. The lowest BCUT2D eigenvalue weighted by atomic mass is 9.45. The maximum Gasteiger partial charge on any atom is 0.0727 e. The third-order valence-electron chi connectivity index (χ3n) is 7.80. The molecule has 3 nitrogen and oxygen atoms in total. The summed E-state index contributed by atoms with van der Waals surface area (Å²) < 4.78 is 19.2. The monoisotopic (exact) mass is 308 g/mol. The van der Waals surface area contributed by atoms with Crippen LogP contribution in [0.25, 0.3) is 0 Å². The van der Waals surface area contributed by atoms with Crippen LogP contribution in [0.2, 0.25) is 0 Å². The number of rotatable bonds is 2. The fourth-order valence-corrected chi connectivity index (χ4v) is 6.80. The Labute approximate surface area is 135 Å². The zero-order valence-corrected chi connectivity index (χ0v) is 15.0. The summed E-state index contributed by atoms with van der Waals surface area (Å²) in [5, 5.41) is 0. The van der Waals surface area contributed by atoms with E-state index in [1.54, 1.807) is 0 Å². The van der Waals surface area contributed by atoms with E-state index in [-0.39, 0.29) is 16.2 Å². The van der Waals surface area contributed by atoms with Crippen molar-refractivity contribution in [1.29, 1.82) is 0 Å². The average molecular weight is 308 g/mol. The molecule has 2 bridgehead atoms. The van der Waals surface area contributed by atoms with Crippen LogP contribution in [0.3, 0.4) is 0 Å². The molecule has 126 valence electrons. The Bertz CT molecular complexity index is 471. The minimum Gasteiger partial charge on any atom is -0.380 e. The molecule has 0 aliphatic carbocycles. The standard InChI is InChI=1S/C19H32O3/c1-7-11-13-14(12(8-2)21-11)16-19(10-20-9-17(19,3)4)18(5,6)15(13)22-16/h11-16H,7-10H2,1-6H3. The average Bonchev–Trinajstić information content (AvgIpc) is 3.12. The van der Waals surface area contributed by atoms with Gasteiger partial charge in [-0.1, -0.05) is 41.5 Å². The second kappa shape index (κ2) is 4.49. The summed E-state index contributed by atoms with van der Waals surface area (Å²) in [6.45, 7) is 15.9. The molecular formula is C19H32O3. The lowest BCUT2D eigenvalue weighted by Gasteiger charge is -2.54. The first-order valence-electron chi connectivity index (χ1n) is 9.20. The van der Waals surface area contributed by atoms with E-state index < -0.39 is 0 Å². The quantitative estimate of drug-likeness (QED) is 0.779. The van der Waals surface area contributed by atoms with Gasteiger partial charge in [0.2, 0.25) is 0 Å². The van der Waals surface area contributed by atoms with Gasteiger partial charge in [-0.05, 0) is 18.3 Å². The van der Waals surface area contributed by atoms with Crippen LogP contribution in [0.15, 0.2) is 0 Å². The molecule has 0 radical (unpaired) electrons. The normalized spacial score (nSPS) is 54.3. The van der Waals surface area contributed by atoms with Crippen LogP contribution < -0.4 is 0 Å². The molecule has 4 aliphatic heterocycles. The van der Waals surface area contributed by atoms with Crippen LogP contribution in [0, 0.1) is 28.1 Å². The third kappa shape index (κ3) is 1.45. The highest BCUT2D eigenvalue weighted by molar-refractivity contribution is 5.25.